The van der Waals surface area contributed by atoms with E-state index in [0.29, 0.717) is 0 Å². The minimum atomic E-state index is -0.877. The fraction of sp³-hybridized carbons (Fsp3) is 0. The average Bonchev–Trinajstić information content (AvgIpc) is 3.51. The number of rotatable bonds is 12. The van der Waals surface area contributed by atoms with Crippen molar-refractivity contribution in [2.24, 2.45) is 0 Å². The Morgan fingerprint density at radius 3 is 0.244 bits per heavy atom. The first-order chi connectivity index (χ1) is 37.8. The fourth-order valence-electron chi connectivity index (χ4n) is 9.26. The predicted octanol–water partition coefficient (Wildman–Crippen LogP) is 12.7. The summed E-state index contributed by atoms with van der Waals surface area (Å²) in [5, 5.41) is 17.2. The normalized spacial score (nSPS) is 10.3. The zero-order chi connectivity index (χ0) is 51.7. The van der Waals surface area contributed by atoms with Crippen molar-refractivity contribution in [1.82, 2.24) is 0 Å². The monoisotopic (exact) mass is 1200 g/mol. The van der Waals surface area contributed by atoms with Gasteiger partial charge >= 0.3 is 0 Å². The van der Waals surface area contributed by atoms with Gasteiger partial charge in [-0.15, -0.1) is 0 Å². The van der Waals surface area contributed by atoms with Crippen LogP contribution in [0.3, 0.4) is 0 Å². The van der Waals surface area contributed by atoms with Crippen LogP contribution in [0.5, 0.6) is 0 Å². The first-order valence-electron chi connectivity index (χ1n) is 25.9. The van der Waals surface area contributed by atoms with Crippen molar-refractivity contribution < 1.29 is 58.2 Å². The van der Waals surface area contributed by atoms with Crippen molar-refractivity contribution in [2.45, 2.75) is 0 Å². The molecule has 12 aromatic rings. The first-order valence-corrected chi connectivity index (χ1v) is 31.9. The van der Waals surface area contributed by atoms with Crippen LogP contribution in [0, 0.1) is 37.7 Å². The van der Waals surface area contributed by atoms with Gasteiger partial charge in [-0.05, 0) is 146 Å². The molecule has 0 spiro atoms. The Balaban J connectivity index is 0.000000149. The molecule has 0 aromatic heterocycles. The third kappa shape index (κ3) is 17.6. The van der Waals surface area contributed by atoms with E-state index < -0.39 is 31.7 Å². The maximum Gasteiger partial charge on any atom is 0.102 e. The number of hydrogen-bond acceptors (Lipinski definition) is 0. The van der Waals surface area contributed by atoms with Gasteiger partial charge in [-0.25, -0.2) is 0 Å². The van der Waals surface area contributed by atoms with Gasteiger partial charge < -0.3 is 0 Å². The van der Waals surface area contributed by atoms with Gasteiger partial charge in [0.2, 0.25) is 0 Å². The quantitative estimate of drug-likeness (QED) is 0.0845. The Hall–Kier alpha value is -5.72. The molecule has 6 heteroatoms. The molecule has 0 aliphatic heterocycles. The van der Waals surface area contributed by atoms with Gasteiger partial charge in [0.1, 0.15) is 63.7 Å². The second-order valence-corrected chi connectivity index (χ2v) is 27.8. The molecule has 0 saturated heterocycles. The van der Waals surface area contributed by atoms with E-state index in [4.69, 9.17) is 0 Å². The molecule has 0 aliphatic carbocycles. The zero-order valence-corrected chi connectivity index (χ0v) is 49.6. The van der Waals surface area contributed by atoms with Crippen molar-refractivity contribution in [3.8, 4) is 0 Å². The molecule has 0 amide bonds. The maximum absolute atomic E-state index is 2.24. The Morgan fingerprint density at radius 1 is 0.115 bits per heavy atom. The minimum absolute atomic E-state index is 0. The van der Waals surface area contributed by atoms with Crippen LogP contribution in [0.4, 0.5) is 0 Å². The van der Waals surface area contributed by atoms with E-state index in [1.54, 1.807) is 0 Å². The summed E-state index contributed by atoms with van der Waals surface area (Å²) in [6.07, 6.45) is 0. The Morgan fingerprint density at radius 2 is 0.179 bits per heavy atom. The van der Waals surface area contributed by atoms with E-state index in [2.05, 4.69) is 364 Å². The maximum atomic E-state index is 2.24. The van der Waals surface area contributed by atoms with Crippen LogP contribution in [0.15, 0.2) is 364 Å². The van der Waals surface area contributed by atoms with Crippen LogP contribution in [0.25, 0.3) is 0 Å². The molecular formula is C72H64ArP4Pd+4. The van der Waals surface area contributed by atoms with E-state index in [0.717, 1.165) is 0 Å². The van der Waals surface area contributed by atoms with Gasteiger partial charge in [-0.2, -0.15) is 0 Å². The van der Waals surface area contributed by atoms with Crippen LogP contribution in [-0.2, 0) is 20.4 Å². The minimum Gasteiger partial charge on any atom is -0.0620 e. The molecule has 0 N–H and O–H groups in total. The zero-order valence-electron chi connectivity index (χ0n) is 43.3. The summed E-state index contributed by atoms with van der Waals surface area (Å²) in [6, 6.07) is 130. The predicted molar refractivity (Wildman–Crippen MR) is 346 cm³/mol. The van der Waals surface area contributed by atoms with E-state index in [9.17, 15) is 0 Å². The molecule has 386 valence electrons. The van der Waals surface area contributed by atoms with Gasteiger partial charge in [0.25, 0.3) is 0 Å². The molecule has 0 heterocycles. The molecule has 0 unspecified atom stereocenters. The third-order valence-electron chi connectivity index (χ3n) is 12.7. The number of benzene rings is 12. The molecular weight excluding hydrogens is 1140 g/mol. The second kappa shape index (κ2) is 33.7. The summed E-state index contributed by atoms with van der Waals surface area (Å²) < 4.78 is 0. The Kier molecular flexibility index (Phi) is 25.9. The van der Waals surface area contributed by atoms with Crippen LogP contribution in [0.2, 0.25) is 0 Å². The molecule has 0 bridgehead atoms. The van der Waals surface area contributed by atoms with Crippen LogP contribution in [-0.4, -0.2) is 0 Å². The largest absolute Gasteiger partial charge is 0.102 e. The molecule has 0 aliphatic rings. The van der Waals surface area contributed by atoms with Crippen LogP contribution < -0.4 is 63.7 Å². The molecule has 0 saturated carbocycles. The van der Waals surface area contributed by atoms with Gasteiger partial charge in [0.15, 0.2) is 0 Å². The molecule has 0 nitrogen and oxygen atoms in total. The molecule has 78 heavy (non-hydrogen) atoms. The van der Waals surface area contributed by atoms with Gasteiger partial charge in [-0.1, -0.05) is 218 Å². The van der Waals surface area contributed by atoms with Gasteiger partial charge in [0.05, 0.1) is 31.7 Å². The molecule has 0 radical (unpaired) electrons. The molecule has 12 aromatic carbocycles. The average molecular weight is 1200 g/mol. The fourth-order valence-corrected chi connectivity index (χ4v) is 19.6. The van der Waals surface area contributed by atoms with Gasteiger partial charge in [-0.3, -0.25) is 0 Å². The summed E-state index contributed by atoms with van der Waals surface area (Å²) in [4.78, 5) is 0. The SMILES string of the molecule is [Ar].[Pd].c1ccc([PH+](c2ccccc2)c2ccccc2)cc1.c1ccc([PH+](c2ccccc2)c2ccccc2)cc1.c1ccc([PH+](c2ccccc2)c2ccccc2)cc1.c1ccc([PH+](c2ccccc2)c2ccccc2)cc1. The summed E-state index contributed by atoms with van der Waals surface area (Å²) in [6.45, 7) is 0. The van der Waals surface area contributed by atoms with Gasteiger partial charge in [0, 0.05) is 58.2 Å². The molecule has 0 atom stereocenters. The Labute approximate surface area is 512 Å². The summed E-state index contributed by atoms with van der Waals surface area (Å²) in [5.41, 5.74) is 0. The first kappa shape index (κ1) is 59.9. The van der Waals surface area contributed by atoms with Crippen molar-refractivity contribution in [3.05, 3.63) is 364 Å². The van der Waals surface area contributed by atoms with Crippen LogP contribution in [0.1, 0.15) is 0 Å². The summed E-state index contributed by atoms with van der Waals surface area (Å²) in [7, 11) is -3.51. The van der Waals surface area contributed by atoms with E-state index in [-0.39, 0.29) is 58.2 Å². The second-order valence-electron chi connectivity index (χ2n) is 17.9. The van der Waals surface area contributed by atoms with Crippen molar-refractivity contribution in [1.29, 1.82) is 0 Å². The van der Waals surface area contributed by atoms with E-state index >= 15 is 0 Å². The summed E-state index contributed by atoms with van der Waals surface area (Å²) >= 11 is 0. The third-order valence-corrected chi connectivity index (χ3v) is 23.7. The molecule has 0 fully saturated rings. The number of hydrogen-bond donors (Lipinski definition) is 0. The van der Waals surface area contributed by atoms with Crippen molar-refractivity contribution >= 4 is 95.3 Å². The van der Waals surface area contributed by atoms with Crippen molar-refractivity contribution in [3.63, 3.8) is 0 Å². The van der Waals surface area contributed by atoms with E-state index in [1.165, 1.54) is 63.7 Å². The van der Waals surface area contributed by atoms with Crippen molar-refractivity contribution in [2.75, 3.05) is 0 Å². The smallest absolute Gasteiger partial charge is 0.0620 e. The molecule has 12 rings (SSSR count). The topological polar surface area (TPSA) is 0 Å². The standard InChI is InChI=1S/4C18H15P.Ar.Pd/c4*1-4-10-16(11-5-1)19(17-12-6-2-7-13-17)18-14-8-3-9-15-18;;/h4*1-15H;;/p+4. The Bertz CT molecular complexity index is 2580. The van der Waals surface area contributed by atoms with Crippen LogP contribution >= 0.6 is 31.7 Å². The summed E-state index contributed by atoms with van der Waals surface area (Å²) in [5.74, 6) is 0. The van der Waals surface area contributed by atoms with E-state index in [1.807, 2.05) is 0 Å².